The second-order valence-corrected chi connectivity index (χ2v) is 5.47. The number of aromatic nitrogens is 2. The molecule has 3 rings (SSSR count). The van der Waals surface area contributed by atoms with Crippen molar-refractivity contribution in [2.75, 3.05) is 13.1 Å². The molecule has 0 N–H and O–H groups in total. The van der Waals surface area contributed by atoms with E-state index in [-0.39, 0.29) is 12.0 Å². The molecule has 22 heavy (non-hydrogen) atoms. The number of rotatable bonds is 3. The van der Waals surface area contributed by atoms with Crippen LogP contribution in [0.5, 0.6) is 6.01 Å². The first-order valence-corrected chi connectivity index (χ1v) is 7.43. The van der Waals surface area contributed by atoms with E-state index in [1.807, 2.05) is 18.7 Å². The minimum absolute atomic E-state index is 0.0313. The second-order valence-electron chi connectivity index (χ2n) is 5.47. The molecule has 0 aromatic carbocycles. The van der Waals surface area contributed by atoms with Crippen LogP contribution in [0.15, 0.2) is 28.9 Å². The van der Waals surface area contributed by atoms with E-state index >= 15 is 0 Å². The van der Waals surface area contributed by atoms with Gasteiger partial charge in [0.25, 0.3) is 5.91 Å². The molecule has 1 aliphatic rings. The summed E-state index contributed by atoms with van der Waals surface area (Å²) in [6.45, 7) is 5.01. The molecule has 3 heterocycles. The Hall–Kier alpha value is -2.37. The SMILES string of the molecule is Cc1cc(C(=O)N2CCC(Oc3ncccn3)CC2)c(C)o1. The minimum atomic E-state index is 0.0313. The lowest BCUT2D eigenvalue weighted by molar-refractivity contribution is 0.0577. The summed E-state index contributed by atoms with van der Waals surface area (Å²) < 4.78 is 11.2. The van der Waals surface area contributed by atoms with E-state index in [0.29, 0.717) is 30.4 Å². The molecule has 1 fully saturated rings. The molecule has 1 saturated heterocycles. The van der Waals surface area contributed by atoms with Gasteiger partial charge in [0.05, 0.1) is 5.56 Å². The van der Waals surface area contributed by atoms with Gasteiger partial charge in [-0.1, -0.05) is 0 Å². The van der Waals surface area contributed by atoms with E-state index in [2.05, 4.69) is 9.97 Å². The van der Waals surface area contributed by atoms with Crippen LogP contribution in [0.2, 0.25) is 0 Å². The first-order chi connectivity index (χ1) is 10.6. The molecule has 2 aromatic rings. The van der Waals surface area contributed by atoms with Gasteiger partial charge in [-0.05, 0) is 26.0 Å². The van der Waals surface area contributed by atoms with Gasteiger partial charge < -0.3 is 14.1 Å². The fraction of sp³-hybridized carbons (Fsp3) is 0.438. The molecule has 116 valence electrons. The molecular formula is C16H19N3O3. The molecule has 0 aliphatic carbocycles. The van der Waals surface area contributed by atoms with Gasteiger partial charge in [-0.25, -0.2) is 9.97 Å². The standard InChI is InChI=1S/C16H19N3O3/c1-11-10-14(12(2)21-11)15(20)19-8-4-13(5-9-19)22-16-17-6-3-7-18-16/h3,6-7,10,13H,4-5,8-9H2,1-2H3. The average Bonchev–Trinajstić information content (AvgIpc) is 2.87. The number of nitrogens with zero attached hydrogens (tertiary/aromatic N) is 3. The van der Waals surface area contributed by atoms with Crippen molar-refractivity contribution in [1.29, 1.82) is 0 Å². The Balaban J connectivity index is 1.57. The number of amides is 1. The lowest BCUT2D eigenvalue weighted by Crippen LogP contribution is -2.42. The first-order valence-electron chi connectivity index (χ1n) is 7.43. The number of piperidine rings is 1. The van der Waals surface area contributed by atoms with Crippen molar-refractivity contribution in [2.45, 2.75) is 32.8 Å². The lowest BCUT2D eigenvalue weighted by atomic mass is 10.1. The van der Waals surface area contributed by atoms with Crippen molar-refractivity contribution >= 4 is 5.91 Å². The van der Waals surface area contributed by atoms with Gasteiger partial charge in [0.15, 0.2) is 0 Å². The van der Waals surface area contributed by atoms with E-state index in [0.717, 1.165) is 18.6 Å². The monoisotopic (exact) mass is 301 g/mol. The molecule has 6 heteroatoms. The number of carbonyl (C=O) groups excluding carboxylic acids is 1. The summed E-state index contributed by atoms with van der Waals surface area (Å²) in [5.74, 6) is 1.47. The zero-order chi connectivity index (χ0) is 15.5. The van der Waals surface area contributed by atoms with Crippen LogP contribution in [0.1, 0.15) is 34.7 Å². The van der Waals surface area contributed by atoms with Crippen molar-refractivity contribution in [2.24, 2.45) is 0 Å². The highest BCUT2D eigenvalue weighted by Gasteiger charge is 2.27. The first kappa shape index (κ1) is 14.6. The normalized spacial score (nSPS) is 15.8. The maximum absolute atomic E-state index is 12.5. The predicted octanol–water partition coefficient (Wildman–Crippen LogP) is 2.37. The summed E-state index contributed by atoms with van der Waals surface area (Å²) >= 11 is 0. The van der Waals surface area contributed by atoms with Gasteiger partial charge in [0, 0.05) is 38.3 Å². The summed E-state index contributed by atoms with van der Waals surface area (Å²) in [5.41, 5.74) is 0.656. The van der Waals surface area contributed by atoms with Crippen molar-refractivity contribution < 1.29 is 13.9 Å². The third-order valence-corrected chi connectivity index (χ3v) is 3.81. The third kappa shape index (κ3) is 3.10. The summed E-state index contributed by atoms with van der Waals surface area (Å²) in [4.78, 5) is 22.5. The number of hydrogen-bond acceptors (Lipinski definition) is 5. The molecule has 0 saturated carbocycles. The molecular weight excluding hydrogens is 282 g/mol. The molecule has 2 aromatic heterocycles. The van der Waals surface area contributed by atoms with Crippen LogP contribution in [0.4, 0.5) is 0 Å². The molecule has 1 amide bonds. The van der Waals surface area contributed by atoms with Crippen molar-refractivity contribution in [3.63, 3.8) is 0 Å². The van der Waals surface area contributed by atoms with Crippen molar-refractivity contribution in [3.05, 3.63) is 41.6 Å². The summed E-state index contributed by atoms with van der Waals surface area (Å²) in [5, 5.41) is 0. The highest BCUT2D eigenvalue weighted by Crippen LogP contribution is 2.20. The van der Waals surface area contributed by atoms with Crippen LogP contribution < -0.4 is 4.74 Å². The quantitative estimate of drug-likeness (QED) is 0.870. The van der Waals surface area contributed by atoms with Gasteiger partial charge in [0.2, 0.25) is 0 Å². The number of furan rings is 1. The van der Waals surface area contributed by atoms with Crippen LogP contribution in [0.25, 0.3) is 0 Å². The Labute approximate surface area is 129 Å². The number of hydrogen-bond donors (Lipinski definition) is 0. The summed E-state index contributed by atoms with van der Waals surface area (Å²) in [6, 6.07) is 3.95. The molecule has 0 unspecified atom stereocenters. The van der Waals surface area contributed by atoms with E-state index in [1.54, 1.807) is 24.5 Å². The zero-order valence-corrected chi connectivity index (χ0v) is 12.8. The molecule has 0 spiro atoms. The van der Waals surface area contributed by atoms with Gasteiger partial charge in [-0.15, -0.1) is 0 Å². The summed E-state index contributed by atoms with van der Waals surface area (Å²) in [7, 11) is 0. The number of likely N-dealkylation sites (tertiary alicyclic amines) is 1. The Kier molecular flexibility index (Phi) is 4.09. The maximum atomic E-state index is 12.5. The number of aryl methyl sites for hydroxylation is 2. The van der Waals surface area contributed by atoms with Crippen molar-refractivity contribution in [1.82, 2.24) is 14.9 Å². The Morgan fingerprint density at radius 2 is 1.95 bits per heavy atom. The van der Waals surface area contributed by atoms with Gasteiger partial charge in [-0.2, -0.15) is 0 Å². The third-order valence-electron chi connectivity index (χ3n) is 3.81. The van der Waals surface area contributed by atoms with Crippen LogP contribution in [-0.2, 0) is 0 Å². The highest BCUT2D eigenvalue weighted by atomic mass is 16.5. The van der Waals surface area contributed by atoms with Gasteiger partial charge in [-0.3, -0.25) is 4.79 Å². The summed E-state index contributed by atoms with van der Waals surface area (Å²) in [6.07, 6.45) is 4.93. The fourth-order valence-electron chi connectivity index (χ4n) is 2.69. The van der Waals surface area contributed by atoms with E-state index < -0.39 is 0 Å². The maximum Gasteiger partial charge on any atom is 0.316 e. The Bertz CT molecular complexity index is 646. The Morgan fingerprint density at radius 1 is 1.27 bits per heavy atom. The number of carbonyl (C=O) groups is 1. The minimum Gasteiger partial charge on any atom is -0.466 e. The molecule has 6 nitrogen and oxygen atoms in total. The molecule has 0 atom stereocenters. The van der Waals surface area contributed by atoms with E-state index in [9.17, 15) is 4.79 Å². The smallest absolute Gasteiger partial charge is 0.316 e. The molecule has 1 aliphatic heterocycles. The predicted molar refractivity (Wildman–Crippen MR) is 79.8 cm³/mol. The fourth-order valence-corrected chi connectivity index (χ4v) is 2.69. The molecule has 0 radical (unpaired) electrons. The van der Waals surface area contributed by atoms with Gasteiger partial charge in [0.1, 0.15) is 17.6 Å². The number of ether oxygens (including phenoxy) is 1. The Morgan fingerprint density at radius 3 is 2.55 bits per heavy atom. The van der Waals surface area contributed by atoms with Crippen LogP contribution in [0, 0.1) is 13.8 Å². The van der Waals surface area contributed by atoms with E-state index in [4.69, 9.17) is 9.15 Å². The molecule has 0 bridgehead atoms. The topological polar surface area (TPSA) is 68.5 Å². The zero-order valence-electron chi connectivity index (χ0n) is 12.8. The van der Waals surface area contributed by atoms with Crippen molar-refractivity contribution in [3.8, 4) is 6.01 Å². The second kappa shape index (κ2) is 6.17. The van der Waals surface area contributed by atoms with Gasteiger partial charge >= 0.3 is 6.01 Å². The van der Waals surface area contributed by atoms with Crippen LogP contribution >= 0.6 is 0 Å². The average molecular weight is 301 g/mol. The van der Waals surface area contributed by atoms with Crippen LogP contribution in [-0.4, -0.2) is 40.0 Å². The van der Waals surface area contributed by atoms with E-state index in [1.165, 1.54) is 0 Å². The highest BCUT2D eigenvalue weighted by molar-refractivity contribution is 5.95. The van der Waals surface area contributed by atoms with Crippen LogP contribution in [0.3, 0.4) is 0 Å². The lowest BCUT2D eigenvalue weighted by Gasteiger charge is -2.31. The largest absolute Gasteiger partial charge is 0.466 e.